The molecule has 0 saturated heterocycles. The van der Waals surface area contributed by atoms with Gasteiger partial charge in [-0.25, -0.2) is 13.6 Å². The van der Waals surface area contributed by atoms with Crippen LogP contribution in [0, 0.1) is 20.8 Å². The third-order valence-electron chi connectivity index (χ3n) is 4.64. The molecule has 0 aliphatic heterocycles. The fourth-order valence-electron chi connectivity index (χ4n) is 2.98. The van der Waals surface area contributed by atoms with Gasteiger partial charge in [0.2, 0.25) is 10.0 Å². The van der Waals surface area contributed by atoms with E-state index >= 15 is 0 Å². The molecule has 0 saturated carbocycles. The van der Waals surface area contributed by atoms with E-state index in [1.165, 1.54) is 23.3 Å². The second kappa shape index (κ2) is 8.32. The minimum Gasteiger partial charge on any atom is -0.332 e. The lowest BCUT2D eigenvalue weighted by atomic mass is 10.1. The van der Waals surface area contributed by atoms with Crippen molar-refractivity contribution in [2.45, 2.75) is 32.2 Å². The molecule has 3 rings (SSSR count). The summed E-state index contributed by atoms with van der Waals surface area (Å²) >= 11 is 5.40. The van der Waals surface area contributed by atoms with E-state index in [-0.39, 0.29) is 4.90 Å². The number of anilines is 2. The number of nitrogens with zero attached hydrogens (tertiary/aromatic N) is 2. The normalized spacial score (nSPS) is 11.3. The number of benzene rings is 2. The molecule has 4 N–H and O–H groups in total. The minimum absolute atomic E-state index is 0.0473. The van der Waals surface area contributed by atoms with E-state index in [2.05, 4.69) is 34.8 Å². The van der Waals surface area contributed by atoms with Crippen molar-refractivity contribution in [3.05, 3.63) is 71.0 Å². The van der Waals surface area contributed by atoms with Crippen molar-refractivity contribution in [1.29, 1.82) is 0 Å². The Balaban J connectivity index is 1.72. The fraction of sp³-hybridized carbons (Fsp3) is 0.200. The predicted octanol–water partition coefficient (Wildman–Crippen LogP) is 3.31. The lowest BCUT2D eigenvalue weighted by Gasteiger charge is -2.12. The van der Waals surface area contributed by atoms with E-state index in [1.807, 2.05) is 30.7 Å². The molecule has 29 heavy (non-hydrogen) atoms. The summed E-state index contributed by atoms with van der Waals surface area (Å²) in [5.41, 5.74) is 5.73. The number of hydrogen-bond acceptors (Lipinski definition) is 4. The molecule has 0 radical (unpaired) electrons. The Kier molecular flexibility index (Phi) is 6.02. The van der Waals surface area contributed by atoms with Crippen LogP contribution in [0.2, 0.25) is 0 Å². The SMILES string of the molecule is Cc1ccccc1Cn1nc(C)c(NC(=S)Nc2ccc(S(N)(=O)=O)cc2)c1C. The van der Waals surface area contributed by atoms with Gasteiger partial charge in [-0.1, -0.05) is 24.3 Å². The molecule has 0 aliphatic carbocycles. The molecular weight excluding hydrogens is 406 g/mol. The lowest BCUT2D eigenvalue weighted by Crippen LogP contribution is -2.20. The molecule has 1 aromatic heterocycles. The Bertz CT molecular complexity index is 1150. The Morgan fingerprint density at radius 3 is 2.34 bits per heavy atom. The van der Waals surface area contributed by atoms with Gasteiger partial charge in [0, 0.05) is 5.69 Å². The summed E-state index contributed by atoms with van der Waals surface area (Å²) in [6.45, 7) is 6.67. The summed E-state index contributed by atoms with van der Waals surface area (Å²) in [6, 6.07) is 14.3. The Labute approximate surface area is 176 Å². The summed E-state index contributed by atoms with van der Waals surface area (Å²) in [7, 11) is -3.72. The maximum atomic E-state index is 11.3. The first-order valence-electron chi connectivity index (χ1n) is 8.94. The number of aromatic nitrogens is 2. The van der Waals surface area contributed by atoms with Crippen molar-refractivity contribution < 1.29 is 8.42 Å². The summed E-state index contributed by atoms with van der Waals surface area (Å²) < 4.78 is 24.6. The number of sulfonamides is 1. The number of aryl methyl sites for hydroxylation is 2. The first-order valence-corrected chi connectivity index (χ1v) is 10.9. The van der Waals surface area contributed by atoms with Gasteiger partial charge in [0.05, 0.1) is 28.5 Å². The molecule has 1 heterocycles. The topological polar surface area (TPSA) is 102 Å². The van der Waals surface area contributed by atoms with Gasteiger partial charge in [-0.15, -0.1) is 0 Å². The second-order valence-corrected chi connectivity index (χ2v) is 8.75. The van der Waals surface area contributed by atoms with Crippen molar-refractivity contribution in [2.24, 2.45) is 5.14 Å². The first-order chi connectivity index (χ1) is 13.6. The number of nitrogens with two attached hydrogens (primary N) is 1. The monoisotopic (exact) mass is 429 g/mol. The maximum absolute atomic E-state index is 11.3. The van der Waals surface area contributed by atoms with E-state index in [1.54, 1.807) is 12.1 Å². The van der Waals surface area contributed by atoms with E-state index < -0.39 is 10.0 Å². The molecule has 0 unspecified atom stereocenters. The molecule has 0 bridgehead atoms. The lowest BCUT2D eigenvalue weighted by molar-refractivity contribution is 0.598. The van der Waals surface area contributed by atoms with Crippen LogP contribution >= 0.6 is 12.2 Å². The number of hydrogen-bond donors (Lipinski definition) is 3. The van der Waals surface area contributed by atoms with Crippen molar-refractivity contribution in [3.8, 4) is 0 Å². The smallest absolute Gasteiger partial charge is 0.238 e. The van der Waals surface area contributed by atoms with E-state index in [0.717, 1.165) is 17.1 Å². The van der Waals surface area contributed by atoms with Crippen LogP contribution in [0.4, 0.5) is 11.4 Å². The molecule has 0 amide bonds. The Morgan fingerprint density at radius 1 is 1.07 bits per heavy atom. The van der Waals surface area contributed by atoms with Gasteiger partial charge in [0.25, 0.3) is 0 Å². The minimum atomic E-state index is -3.72. The fourth-order valence-corrected chi connectivity index (χ4v) is 3.72. The number of nitrogens with one attached hydrogen (secondary N) is 2. The first kappa shape index (κ1) is 21.0. The predicted molar refractivity (Wildman–Crippen MR) is 120 cm³/mol. The average molecular weight is 430 g/mol. The summed E-state index contributed by atoms with van der Waals surface area (Å²) in [4.78, 5) is 0.0473. The van der Waals surface area contributed by atoms with Gasteiger partial charge < -0.3 is 10.6 Å². The molecular formula is C20H23N5O2S2. The molecule has 0 aliphatic rings. The zero-order valence-electron chi connectivity index (χ0n) is 16.4. The van der Waals surface area contributed by atoms with E-state index in [0.29, 0.717) is 17.3 Å². The molecule has 0 spiro atoms. The van der Waals surface area contributed by atoms with Crippen LogP contribution in [0.5, 0.6) is 0 Å². The molecule has 152 valence electrons. The molecule has 0 fully saturated rings. The summed E-state index contributed by atoms with van der Waals surface area (Å²) in [6.07, 6.45) is 0. The molecule has 0 atom stereocenters. The standard InChI is InChI=1S/C20H23N5O2S2/c1-13-6-4-5-7-16(13)12-25-15(3)19(14(2)24-25)23-20(28)22-17-8-10-18(11-9-17)29(21,26)27/h4-11H,12H2,1-3H3,(H2,21,26,27)(H2,22,23,28). The third-order valence-corrected chi connectivity index (χ3v) is 5.78. The Morgan fingerprint density at radius 2 is 1.72 bits per heavy atom. The van der Waals surface area contributed by atoms with Crippen LogP contribution < -0.4 is 15.8 Å². The van der Waals surface area contributed by atoms with Crippen LogP contribution in [0.15, 0.2) is 53.4 Å². The largest absolute Gasteiger partial charge is 0.332 e. The molecule has 9 heteroatoms. The highest BCUT2D eigenvalue weighted by Gasteiger charge is 2.14. The van der Waals surface area contributed by atoms with Gasteiger partial charge in [0.15, 0.2) is 5.11 Å². The quantitative estimate of drug-likeness (QED) is 0.538. The van der Waals surface area contributed by atoms with Crippen LogP contribution in [0.3, 0.4) is 0 Å². The summed E-state index contributed by atoms with van der Waals surface area (Å²) in [5, 5.41) is 16.4. The highest BCUT2D eigenvalue weighted by atomic mass is 32.2. The Hall–Kier alpha value is -2.75. The van der Waals surface area contributed by atoms with Gasteiger partial charge in [-0.05, 0) is 68.4 Å². The number of rotatable bonds is 5. The van der Waals surface area contributed by atoms with Gasteiger partial charge in [-0.3, -0.25) is 4.68 Å². The van der Waals surface area contributed by atoms with Gasteiger partial charge in [-0.2, -0.15) is 5.10 Å². The van der Waals surface area contributed by atoms with Gasteiger partial charge in [0.1, 0.15) is 0 Å². The molecule has 3 aromatic rings. The summed E-state index contributed by atoms with van der Waals surface area (Å²) in [5.74, 6) is 0. The highest BCUT2D eigenvalue weighted by molar-refractivity contribution is 7.89. The van der Waals surface area contributed by atoms with Crippen molar-refractivity contribution in [1.82, 2.24) is 9.78 Å². The maximum Gasteiger partial charge on any atom is 0.238 e. The number of primary sulfonamides is 1. The molecule has 7 nitrogen and oxygen atoms in total. The van der Waals surface area contributed by atoms with Crippen LogP contribution in [-0.4, -0.2) is 23.3 Å². The second-order valence-electron chi connectivity index (χ2n) is 6.78. The van der Waals surface area contributed by atoms with Crippen LogP contribution in [0.25, 0.3) is 0 Å². The molecule has 2 aromatic carbocycles. The highest BCUT2D eigenvalue weighted by Crippen LogP contribution is 2.22. The zero-order valence-corrected chi connectivity index (χ0v) is 18.1. The van der Waals surface area contributed by atoms with Crippen LogP contribution in [-0.2, 0) is 16.6 Å². The van der Waals surface area contributed by atoms with E-state index in [4.69, 9.17) is 17.4 Å². The number of thiocarbonyl (C=S) groups is 1. The van der Waals surface area contributed by atoms with E-state index in [9.17, 15) is 8.42 Å². The van der Waals surface area contributed by atoms with Crippen molar-refractivity contribution >= 4 is 38.7 Å². The van der Waals surface area contributed by atoms with Gasteiger partial charge >= 0.3 is 0 Å². The van der Waals surface area contributed by atoms with Crippen molar-refractivity contribution in [2.75, 3.05) is 10.6 Å². The third kappa shape index (κ3) is 5.00. The van der Waals surface area contributed by atoms with Crippen molar-refractivity contribution in [3.63, 3.8) is 0 Å². The van der Waals surface area contributed by atoms with Crippen LogP contribution in [0.1, 0.15) is 22.5 Å². The average Bonchev–Trinajstić information content (AvgIpc) is 2.91. The zero-order chi connectivity index (χ0) is 21.2.